The van der Waals surface area contributed by atoms with Gasteiger partial charge in [-0.05, 0) is 30.3 Å². The summed E-state index contributed by atoms with van der Waals surface area (Å²) in [5.41, 5.74) is 2.94. The van der Waals surface area contributed by atoms with E-state index in [-0.39, 0.29) is 12.0 Å². The number of carbonyl (C=O) groups excluding carboxylic acids is 1. The highest BCUT2D eigenvalue weighted by molar-refractivity contribution is 5.94. The Bertz CT molecular complexity index is 640. The molecule has 1 saturated heterocycles. The van der Waals surface area contributed by atoms with Crippen LogP contribution in [-0.4, -0.2) is 50.2 Å². The number of hydrogen-bond acceptors (Lipinski definition) is 3. The Morgan fingerprint density at radius 2 is 1.83 bits per heavy atom. The quantitative estimate of drug-likeness (QED) is 0.943. The van der Waals surface area contributed by atoms with E-state index in [1.165, 1.54) is 0 Å². The van der Waals surface area contributed by atoms with Crippen molar-refractivity contribution < 1.29 is 9.53 Å². The highest BCUT2D eigenvalue weighted by Gasteiger charge is 2.18. The number of rotatable bonds is 4. The lowest BCUT2D eigenvalue weighted by atomic mass is 10.0. The summed E-state index contributed by atoms with van der Waals surface area (Å²) in [6.07, 6.45) is 0.0706. The number of amides is 1. The number of likely N-dealkylation sites (N-methyl/N-ethyl adjacent to an activating group) is 1. The van der Waals surface area contributed by atoms with E-state index < -0.39 is 0 Å². The lowest BCUT2D eigenvalue weighted by Crippen LogP contribution is -2.45. The summed E-state index contributed by atoms with van der Waals surface area (Å²) in [6.45, 7) is 3.07. The number of morpholine rings is 1. The average Bonchev–Trinajstić information content (AvgIpc) is 2.61. The SMILES string of the molecule is CN1CCOC(CNC(=O)c2ccc(-c3ccccc3)cc2)C1. The van der Waals surface area contributed by atoms with Crippen molar-refractivity contribution in [1.82, 2.24) is 10.2 Å². The van der Waals surface area contributed by atoms with Gasteiger partial charge >= 0.3 is 0 Å². The van der Waals surface area contributed by atoms with Crippen LogP contribution in [0.15, 0.2) is 54.6 Å². The number of benzene rings is 2. The first kappa shape index (κ1) is 15.7. The van der Waals surface area contributed by atoms with E-state index in [2.05, 4.69) is 29.4 Å². The first-order valence-corrected chi connectivity index (χ1v) is 7.96. The Labute approximate surface area is 137 Å². The smallest absolute Gasteiger partial charge is 0.251 e. The summed E-state index contributed by atoms with van der Waals surface area (Å²) >= 11 is 0. The third-order valence-corrected chi connectivity index (χ3v) is 4.09. The van der Waals surface area contributed by atoms with Crippen LogP contribution in [0.5, 0.6) is 0 Å². The molecular weight excluding hydrogens is 288 g/mol. The van der Waals surface area contributed by atoms with E-state index in [1.54, 1.807) is 0 Å². The summed E-state index contributed by atoms with van der Waals surface area (Å²) in [6, 6.07) is 17.8. The minimum atomic E-state index is -0.0542. The molecule has 4 heteroatoms. The molecule has 1 unspecified atom stereocenters. The summed E-state index contributed by atoms with van der Waals surface area (Å²) in [5, 5.41) is 2.96. The molecule has 1 fully saturated rings. The maximum absolute atomic E-state index is 12.2. The van der Waals surface area contributed by atoms with Gasteiger partial charge in [-0.2, -0.15) is 0 Å². The standard InChI is InChI=1S/C19H22N2O2/c1-21-11-12-23-18(14-21)13-20-19(22)17-9-7-16(8-10-17)15-5-3-2-4-6-15/h2-10,18H,11-14H2,1H3,(H,20,22). The normalized spacial score (nSPS) is 18.6. The summed E-state index contributed by atoms with van der Waals surface area (Å²) in [4.78, 5) is 14.5. The average molecular weight is 310 g/mol. The first-order valence-electron chi connectivity index (χ1n) is 7.96. The minimum Gasteiger partial charge on any atom is -0.374 e. The van der Waals surface area contributed by atoms with Gasteiger partial charge in [-0.25, -0.2) is 0 Å². The van der Waals surface area contributed by atoms with Crippen LogP contribution in [0.3, 0.4) is 0 Å². The zero-order valence-corrected chi connectivity index (χ0v) is 13.4. The predicted molar refractivity (Wildman–Crippen MR) is 91.4 cm³/mol. The third kappa shape index (κ3) is 4.18. The van der Waals surface area contributed by atoms with Gasteiger partial charge < -0.3 is 15.0 Å². The molecule has 1 aliphatic heterocycles. The van der Waals surface area contributed by atoms with Gasteiger partial charge in [0.25, 0.3) is 5.91 Å². The lowest BCUT2D eigenvalue weighted by molar-refractivity contribution is -0.0175. The van der Waals surface area contributed by atoms with Gasteiger partial charge in [0.15, 0.2) is 0 Å². The van der Waals surface area contributed by atoms with Crippen molar-refractivity contribution in [2.45, 2.75) is 6.10 Å². The molecule has 4 nitrogen and oxygen atoms in total. The summed E-state index contributed by atoms with van der Waals surface area (Å²) in [7, 11) is 2.07. The lowest BCUT2D eigenvalue weighted by Gasteiger charge is -2.30. The van der Waals surface area contributed by atoms with Crippen LogP contribution in [0.25, 0.3) is 11.1 Å². The monoisotopic (exact) mass is 310 g/mol. The number of ether oxygens (including phenoxy) is 1. The fourth-order valence-electron chi connectivity index (χ4n) is 2.74. The van der Waals surface area contributed by atoms with Crippen LogP contribution in [0.1, 0.15) is 10.4 Å². The van der Waals surface area contributed by atoms with E-state index in [0.717, 1.165) is 30.8 Å². The summed E-state index contributed by atoms with van der Waals surface area (Å²) in [5.74, 6) is -0.0542. The zero-order chi connectivity index (χ0) is 16.1. The second kappa shape index (κ2) is 7.40. The van der Waals surface area contributed by atoms with Crippen molar-refractivity contribution in [2.24, 2.45) is 0 Å². The van der Waals surface area contributed by atoms with Crippen LogP contribution in [-0.2, 0) is 4.74 Å². The highest BCUT2D eigenvalue weighted by Crippen LogP contribution is 2.19. The Kier molecular flexibility index (Phi) is 5.05. The zero-order valence-electron chi connectivity index (χ0n) is 13.4. The van der Waals surface area contributed by atoms with Crippen molar-refractivity contribution in [3.63, 3.8) is 0 Å². The van der Waals surface area contributed by atoms with Crippen molar-refractivity contribution in [2.75, 3.05) is 33.3 Å². The van der Waals surface area contributed by atoms with Gasteiger partial charge in [-0.15, -0.1) is 0 Å². The van der Waals surface area contributed by atoms with Gasteiger partial charge in [0.1, 0.15) is 0 Å². The largest absolute Gasteiger partial charge is 0.374 e. The molecule has 1 N–H and O–H groups in total. The Morgan fingerprint density at radius 3 is 2.52 bits per heavy atom. The number of carbonyl (C=O) groups is 1. The molecule has 3 rings (SSSR count). The van der Waals surface area contributed by atoms with Gasteiger partial charge in [-0.3, -0.25) is 4.79 Å². The molecule has 0 bridgehead atoms. The molecule has 1 amide bonds. The fraction of sp³-hybridized carbons (Fsp3) is 0.316. The van der Waals surface area contributed by atoms with E-state index >= 15 is 0 Å². The first-order chi connectivity index (χ1) is 11.2. The van der Waals surface area contributed by atoms with E-state index in [4.69, 9.17) is 4.74 Å². The molecule has 2 aromatic carbocycles. The fourth-order valence-corrected chi connectivity index (χ4v) is 2.74. The Balaban J connectivity index is 1.57. The predicted octanol–water partition coefficient (Wildman–Crippen LogP) is 2.41. The molecule has 0 aliphatic carbocycles. The maximum atomic E-state index is 12.2. The summed E-state index contributed by atoms with van der Waals surface area (Å²) < 4.78 is 5.66. The molecular formula is C19H22N2O2. The highest BCUT2D eigenvalue weighted by atomic mass is 16.5. The Morgan fingerprint density at radius 1 is 1.13 bits per heavy atom. The molecule has 1 aliphatic rings. The van der Waals surface area contributed by atoms with Crippen LogP contribution >= 0.6 is 0 Å². The topological polar surface area (TPSA) is 41.6 Å². The van der Waals surface area contributed by atoms with Crippen LogP contribution in [0.4, 0.5) is 0 Å². The number of hydrogen-bond donors (Lipinski definition) is 1. The third-order valence-electron chi connectivity index (χ3n) is 4.09. The van der Waals surface area contributed by atoms with Crippen LogP contribution < -0.4 is 5.32 Å². The minimum absolute atomic E-state index is 0.0542. The van der Waals surface area contributed by atoms with E-state index in [1.807, 2.05) is 42.5 Å². The number of nitrogens with zero attached hydrogens (tertiary/aromatic N) is 1. The van der Waals surface area contributed by atoms with Crippen molar-refractivity contribution in [3.05, 3.63) is 60.2 Å². The number of nitrogens with one attached hydrogen (secondary N) is 1. The molecule has 120 valence electrons. The van der Waals surface area contributed by atoms with Crippen LogP contribution in [0, 0.1) is 0 Å². The second-order valence-electron chi connectivity index (χ2n) is 5.91. The van der Waals surface area contributed by atoms with Gasteiger partial charge in [0, 0.05) is 25.2 Å². The van der Waals surface area contributed by atoms with Gasteiger partial charge in [-0.1, -0.05) is 42.5 Å². The molecule has 0 spiro atoms. The van der Waals surface area contributed by atoms with E-state index in [9.17, 15) is 4.79 Å². The molecule has 1 heterocycles. The maximum Gasteiger partial charge on any atom is 0.251 e. The second-order valence-corrected chi connectivity index (χ2v) is 5.91. The van der Waals surface area contributed by atoms with Crippen molar-refractivity contribution >= 4 is 5.91 Å². The molecule has 0 aromatic heterocycles. The molecule has 2 aromatic rings. The van der Waals surface area contributed by atoms with Gasteiger partial charge in [0.05, 0.1) is 12.7 Å². The Hall–Kier alpha value is -2.17. The molecule has 23 heavy (non-hydrogen) atoms. The molecule has 0 saturated carbocycles. The van der Waals surface area contributed by atoms with E-state index in [0.29, 0.717) is 12.1 Å². The van der Waals surface area contributed by atoms with Crippen LogP contribution in [0.2, 0.25) is 0 Å². The van der Waals surface area contributed by atoms with Crippen molar-refractivity contribution in [1.29, 1.82) is 0 Å². The van der Waals surface area contributed by atoms with Crippen molar-refractivity contribution in [3.8, 4) is 11.1 Å². The van der Waals surface area contributed by atoms with Gasteiger partial charge in [0.2, 0.25) is 0 Å². The molecule has 1 atom stereocenters. The molecule has 0 radical (unpaired) electrons.